The molecule has 0 unspecified atom stereocenters. The van der Waals surface area contributed by atoms with Gasteiger partial charge in [0.1, 0.15) is 5.60 Å². The quantitative estimate of drug-likeness (QED) is 0.365. The van der Waals surface area contributed by atoms with E-state index in [9.17, 15) is 14.4 Å². The van der Waals surface area contributed by atoms with Crippen molar-refractivity contribution in [2.45, 2.75) is 76.9 Å². The molecule has 7 nitrogen and oxygen atoms in total. The van der Waals surface area contributed by atoms with Gasteiger partial charge in [-0.3, -0.25) is 9.59 Å². The number of allylic oxidation sites excluding steroid dienone is 1. The summed E-state index contributed by atoms with van der Waals surface area (Å²) in [6.07, 6.45) is 6.26. The predicted octanol–water partition coefficient (Wildman–Crippen LogP) is 5.96. The molecule has 0 radical (unpaired) electrons. The molecule has 220 valence electrons. The molecular formula is C34H45N3O4. The fraction of sp³-hybridized carbons (Fsp3) is 0.500. The molecule has 4 rings (SSSR count). The van der Waals surface area contributed by atoms with Gasteiger partial charge in [0.25, 0.3) is 5.91 Å². The molecule has 2 heterocycles. The van der Waals surface area contributed by atoms with Crippen molar-refractivity contribution in [3.63, 3.8) is 0 Å². The smallest absolute Gasteiger partial charge is 0.410 e. The standard InChI is InChI=1S/C34H45N3O4/c1-5-12-27-23-28(37(32(27)39)20-11-15-25-13-7-6-8-14-25)24-35-31(38)30-17-10-9-16-29(30)26-18-21-36(22-19-26)33(40)41-34(2,3)4/h5-10,13-14,16-17,26-28H,1,11-12,15,18-24H2,2-4H3,(H,35,38)/t27-,28+/m1/s1. The van der Waals surface area contributed by atoms with Crippen LogP contribution in [0, 0.1) is 5.92 Å². The van der Waals surface area contributed by atoms with Crippen molar-refractivity contribution in [3.05, 3.63) is 83.9 Å². The number of hydrogen-bond acceptors (Lipinski definition) is 4. The molecule has 0 spiro atoms. The molecule has 0 saturated carbocycles. The summed E-state index contributed by atoms with van der Waals surface area (Å²) < 4.78 is 5.54. The van der Waals surface area contributed by atoms with Crippen LogP contribution in [0.15, 0.2) is 67.3 Å². The Hall–Kier alpha value is -3.61. The van der Waals surface area contributed by atoms with Gasteiger partial charge in [-0.25, -0.2) is 4.79 Å². The summed E-state index contributed by atoms with van der Waals surface area (Å²) >= 11 is 0. The van der Waals surface area contributed by atoms with Crippen molar-refractivity contribution in [1.29, 1.82) is 0 Å². The summed E-state index contributed by atoms with van der Waals surface area (Å²) in [7, 11) is 0. The number of likely N-dealkylation sites (tertiary alicyclic amines) is 2. The Bertz CT molecular complexity index is 1200. The molecule has 3 amide bonds. The molecule has 2 aromatic rings. The minimum atomic E-state index is -0.522. The van der Waals surface area contributed by atoms with E-state index < -0.39 is 5.60 Å². The van der Waals surface area contributed by atoms with Gasteiger partial charge in [-0.15, -0.1) is 6.58 Å². The third-order valence-corrected chi connectivity index (χ3v) is 8.08. The Labute approximate surface area is 244 Å². The van der Waals surface area contributed by atoms with E-state index in [1.165, 1.54) is 5.56 Å². The van der Waals surface area contributed by atoms with E-state index in [0.29, 0.717) is 38.2 Å². The third-order valence-electron chi connectivity index (χ3n) is 8.08. The molecular weight excluding hydrogens is 514 g/mol. The van der Waals surface area contributed by atoms with Crippen molar-refractivity contribution < 1.29 is 19.1 Å². The summed E-state index contributed by atoms with van der Waals surface area (Å²) in [4.78, 5) is 42.9. The van der Waals surface area contributed by atoms with E-state index in [1.54, 1.807) is 4.90 Å². The fourth-order valence-electron chi connectivity index (χ4n) is 6.02. The van der Waals surface area contributed by atoms with Gasteiger partial charge in [0, 0.05) is 43.7 Å². The number of piperidine rings is 1. The first-order valence-electron chi connectivity index (χ1n) is 15.0. The van der Waals surface area contributed by atoms with Gasteiger partial charge in [-0.1, -0.05) is 54.6 Å². The van der Waals surface area contributed by atoms with E-state index >= 15 is 0 Å². The van der Waals surface area contributed by atoms with Crippen LogP contribution < -0.4 is 5.32 Å². The maximum absolute atomic E-state index is 13.5. The lowest BCUT2D eigenvalue weighted by Gasteiger charge is -2.34. The van der Waals surface area contributed by atoms with Gasteiger partial charge in [-0.2, -0.15) is 0 Å². The van der Waals surface area contributed by atoms with Gasteiger partial charge in [0.15, 0.2) is 0 Å². The fourth-order valence-corrected chi connectivity index (χ4v) is 6.02. The second kappa shape index (κ2) is 13.8. The van der Waals surface area contributed by atoms with Crippen LogP contribution in [-0.4, -0.2) is 65.5 Å². The minimum absolute atomic E-state index is 0.0311. The van der Waals surface area contributed by atoms with Crippen LogP contribution in [0.5, 0.6) is 0 Å². The number of hydrogen-bond donors (Lipinski definition) is 1. The van der Waals surface area contributed by atoms with Gasteiger partial charge in [0.05, 0.1) is 0 Å². The molecule has 2 aliphatic heterocycles. The summed E-state index contributed by atoms with van der Waals surface area (Å²) in [6, 6.07) is 18.0. The van der Waals surface area contributed by atoms with Crippen LogP contribution >= 0.6 is 0 Å². The summed E-state index contributed by atoms with van der Waals surface area (Å²) in [6.45, 7) is 11.8. The van der Waals surface area contributed by atoms with E-state index in [-0.39, 0.29) is 35.8 Å². The van der Waals surface area contributed by atoms with Crippen molar-refractivity contribution in [1.82, 2.24) is 15.1 Å². The molecule has 2 atom stereocenters. The Balaban J connectivity index is 1.36. The van der Waals surface area contributed by atoms with Crippen molar-refractivity contribution in [2.24, 2.45) is 5.92 Å². The van der Waals surface area contributed by atoms with Crippen LogP contribution in [0.3, 0.4) is 0 Å². The number of ether oxygens (including phenoxy) is 1. The Morgan fingerprint density at radius 1 is 1.05 bits per heavy atom. The van der Waals surface area contributed by atoms with E-state index in [1.807, 2.05) is 74.2 Å². The zero-order valence-corrected chi connectivity index (χ0v) is 24.8. The van der Waals surface area contributed by atoms with Crippen molar-refractivity contribution >= 4 is 17.9 Å². The molecule has 2 saturated heterocycles. The van der Waals surface area contributed by atoms with E-state index in [2.05, 4.69) is 24.0 Å². The summed E-state index contributed by atoms with van der Waals surface area (Å²) in [5.41, 5.74) is 2.43. The Kier molecular flexibility index (Phi) is 10.2. The lowest BCUT2D eigenvalue weighted by atomic mass is 9.86. The maximum Gasteiger partial charge on any atom is 0.410 e. The lowest BCUT2D eigenvalue weighted by Crippen LogP contribution is -2.43. The largest absolute Gasteiger partial charge is 0.444 e. The van der Waals surface area contributed by atoms with Crippen LogP contribution in [0.1, 0.15) is 80.3 Å². The molecule has 0 bridgehead atoms. The monoisotopic (exact) mass is 559 g/mol. The Morgan fingerprint density at radius 3 is 2.41 bits per heavy atom. The molecule has 0 aliphatic carbocycles. The van der Waals surface area contributed by atoms with E-state index in [0.717, 1.165) is 37.7 Å². The highest BCUT2D eigenvalue weighted by Gasteiger charge is 2.38. The number of nitrogens with one attached hydrogen (secondary N) is 1. The average Bonchev–Trinajstić information content (AvgIpc) is 3.25. The normalized spacial score (nSPS) is 19.7. The maximum atomic E-state index is 13.5. The van der Waals surface area contributed by atoms with Crippen LogP contribution in [0.2, 0.25) is 0 Å². The van der Waals surface area contributed by atoms with Crippen LogP contribution in [0.4, 0.5) is 4.79 Å². The molecule has 0 aromatic heterocycles. The molecule has 7 heteroatoms. The summed E-state index contributed by atoms with van der Waals surface area (Å²) in [5.74, 6) is 0.164. The molecule has 2 aromatic carbocycles. The topological polar surface area (TPSA) is 79.0 Å². The number of carbonyl (C=O) groups excluding carboxylic acids is 3. The molecule has 1 N–H and O–H groups in total. The summed E-state index contributed by atoms with van der Waals surface area (Å²) in [5, 5.41) is 3.15. The highest BCUT2D eigenvalue weighted by atomic mass is 16.6. The second-order valence-electron chi connectivity index (χ2n) is 12.3. The number of nitrogens with zero attached hydrogens (tertiary/aromatic N) is 2. The van der Waals surface area contributed by atoms with E-state index in [4.69, 9.17) is 4.74 Å². The van der Waals surface area contributed by atoms with Crippen molar-refractivity contribution in [2.75, 3.05) is 26.2 Å². The van der Waals surface area contributed by atoms with Gasteiger partial charge in [-0.05, 0) is 82.4 Å². The average molecular weight is 560 g/mol. The first kappa shape index (κ1) is 30.4. The number of rotatable bonds is 10. The number of benzene rings is 2. The van der Waals surface area contributed by atoms with Crippen LogP contribution in [-0.2, 0) is 16.0 Å². The highest BCUT2D eigenvalue weighted by Crippen LogP contribution is 2.32. The Morgan fingerprint density at radius 2 is 1.73 bits per heavy atom. The van der Waals surface area contributed by atoms with Gasteiger partial charge in [0.2, 0.25) is 5.91 Å². The number of aryl methyl sites for hydroxylation is 1. The van der Waals surface area contributed by atoms with Crippen molar-refractivity contribution in [3.8, 4) is 0 Å². The molecule has 2 fully saturated rings. The number of amides is 3. The van der Waals surface area contributed by atoms with Crippen LogP contribution in [0.25, 0.3) is 0 Å². The first-order chi connectivity index (χ1) is 19.7. The molecule has 41 heavy (non-hydrogen) atoms. The zero-order valence-electron chi connectivity index (χ0n) is 24.8. The zero-order chi connectivity index (χ0) is 29.4. The van der Waals surface area contributed by atoms with Gasteiger partial charge >= 0.3 is 6.09 Å². The number of carbonyl (C=O) groups is 3. The first-order valence-corrected chi connectivity index (χ1v) is 15.0. The predicted molar refractivity (Wildman–Crippen MR) is 162 cm³/mol. The molecule has 2 aliphatic rings. The van der Waals surface area contributed by atoms with Gasteiger partial charge < -0.3 is 19.9 Å². The third kappa shape index (κ3) is 8.21. The minimum Gasteiger partial charge on any atom is -0.444 e. The SMILES string of the molecule is C=CC[C@@H]1C[C@@H](CNC(=O)c2ccccc2C2CCN(C(=O)OC(C)(C)C)CC2)N(CCCc2ccccc2)C1=O. The second-order valence-corrected chi connectivity index (χ2v) is 12.3. The highest BCUT2D eigenvalue weighted by molar-refractivity contribution is 5.96. The lowest BCUT2D eigenvalue weighted by molar-refractivity contribution is -0.132.